The second-order valence-electron chi connectivity index (χ2n) is 9.94. The molecule has 4 aliphatic rings. The third-order valence-corrected chi connectivity index (χ3v) is 9.79. The molecule has 3 nitrogen and oxygen atoms in total. The summed E-state index contributed by atoms with van der Waals surface area (Å²) in [5.74, 6) is 0.435. The number of anilines is 2. The predicted molar refractivity (Wildman–Crippen MR) is 144 cm³/mol. The zero-order chi connectivity index (χ0) is 22.9. The molecule has 0 bridgehead atoms. The van der Waals surface area contributed by atoms with Crippen molar-refractivity contribution in [3.8, 4) is 6.07 Å². The van der Waals surface area contributed by atoms with Crippen molar-refractivity contribution in [2.45, 2.75) is 50.2 Å². The van der Waals surface area contributed by atoms with Gasteiger partial charge in [0.2, 0.25) is 0 Å². The van der Waals surface area contributed by atoms with Gasteiger partial charge in [-0.25, -0.2) is 0 Å². The number of allylic oxidation sites excluding steroid dienone is 4. The maximum absolute atomic E-state index is 9.35. The van der Waals surface area contributed by atoms with Gasteiger partial charge in [-0.1, -0.05) is 72.9 Å². The van der Waals surface area contributed by atoms with Crippen molar-refractivity contribution in [2.75, 3.05) is 4.90 Å². The molecule has 2 aliphatic carbocycles. The van der Waals surface area contributed by atoms with Crippen LogP contribution in [0.15, 0.2) is 96.1 Å². The number of nitriles is 1. The molecule has 0 fully saturated rings. The molecule has 0 saturated carbocycles. The fraction of sp³-hybridized carbons (Fsp3) is 0.300. The third kappa shape index (κ3) is 4.00. The van der Waals surface area contributed by atoms with Crippen molar-refractivity contribution in [3.05, 3.63) is 96.1 Å². The first-order chi connectivity index (χ1) is 16.8. The van der Waals surface area contributed by atoms with Crippen LogP contribution in [0.4, 0.5) is 11.4 Å². The van der Waals surface area contributed by atoms with E-state index in [-0.39, 0.29) is 6.04 Å². The first kappa shape index (κ1) is 21.4. The van der Waals surface area contributed by atoms with Gasteiger partial charge in [0.1, 0.15) is 6.04 Å². The topological polar surface area (TPSA) is 39.1 Å². The van der Waals surface area contributed by atoms with Gasteiger partial charge in [-0.15, -0.1) is 0 Å². The van der Waals surface area contributed by atoms with E-state index in [1.807, 2.05) is 6.08 Å². The average Bonchev–Trinajstić information content (AvgIpc) is 2.92. The number of benzene rings is 2. The highest BCUT2D eigenvalue weighted by molar-refractivity contribution is 6.71. The molecule has 0 amide bonds. The monoisotopic (exact) mass is 461 g/mol. The molecule has 2 aromatic carbocycles. The van der Waals surface area contributed by atoms with E-state index in [9.17, 15) is 5.26 Å². The molecule has 4 unspecified atom stereocenters. The maximum Gasteiger partial charge on any atom is 0.114 e. The summed E-state index contributed by atoms with van der Waals surface area (Å²) in [6.45, 7) is 0. The average molecular weight is 462 g/mol. The van der Waals surface area contributed by atoms with Crippen LogP contribution < -0.4 is 20.6 Å². The van der Waals surface area contributed by atoms with E-state index in [0.717, 1.165) is 25.7 Å². The highest BCUT2D eigenvalue weighted by Crippen LogP contribution is 2.37. The molecule has 0 aromatic heterocycles. The number of fused-ring (bicyclic) bond motifs is 2. The van der Waals surface area contributed by atoms with Crippen molar-refractivity contribution in [2.24, 2.45) is 5.92 Å². The van der Waals surface area contributed by atoms with Gasteiger partial charge in [-0.05, 0) is 71.7 Å². The lowest BCUT2D eigenvalue weighted by Crippen LogP contribution is -2.46. The molecule has 6 rings (SSSR count). The number of hydrogen-bond acceptors (Lipinski definition) is 3. The zero-order valence-electron chi connectivity index (χ0n) is 19.5. The van der Waals surface area contributed by atoms with Gasteiger partial charge in [0, 0.05) is 23.5 Å². The summed E-state index contributed by atoms with van der Waals surface area (Å²) in [6.07, 6.45) is 19.2. The lowest BCUT2D eigenvalue weighted by atomic mass is 9.81. The second-order valence-corrected chi connectivity index (χ2v) is 11.8. The fourth-order valence-corrected chi connectivity index (χ4v) is 8.02. The van der Waals surface area contributed by atoms with Crippen molar-refractivity contribution in [3.63, 3.8) is 0 Å². The maximum atomic E-state index is 9.35. The van der Waals surface area contributed by atoms with Crippen LogP contribution in [-0.4, -0.2) is 27.6 Å². The van der Waals surface area contributed by atoms with Crippen LogP contribution in [0, 0.1) is 17.2 Å². The number of rotatable bonds is 3. The SMILES string of the molecule is N#CC1C=CCC(C2C=C(C3=CCCC(N4c5ccccc5[SiH2]c5ccccc54)C3)C=CC2)N1. The number of hydrogen-bond donors (Lipinski definition) is 1. The summed E-state index contributed by atoms with van der Waals surface area (Å²) >= 11 is 0. The van der Waals surface area contributed by atoms with E-state index in [4.69, 9.17) is 0 Å². The Morgan fingerprint density at radius 2 is 1.74 bits per heavy atom. The van der Waals surface area contributed by atoms with Crippen LogP contribution in [0.1, 0.15) is 32.1 Å². The van der Waals surface area contributed by atoms with Crippen molar-refractivity contribution >= 4 is 31.3 Å². The second kappa shape index (κ2) is 9.25. The summed E-state index contributed by atoms with van der Waals surface area (Å²) in [5.41, 5.74) is 5.74. The van der Waals surface area contributed by atoms with E-state index >= 15 is 0 Å². The molecule has 1 N–H and O–H groups in total. The van der Waals surface area contributed by atoms with Crippen LogP contribution in [0.3, 0.4) is 0 Å². The van der Waals surface area contributed by atoms with Gasteiger partial charge >= 0.3 is 0 Å². The van der Waals surface area contributed by atoms with E-state index in [1.165, 1.54) is 28.9 Å². The Labute approximate surface area is 205 Å². The van der Waals surface area contributed by atoms with Gasteiger partial charge in [0.25, 0.3) is 0 Å². The summed E-state index contributed by atoms with van der Waals surface area (Å²) in [6, 6.07) is 21.2. The Morgan fingerprint density at radius 1 is 0.971 bits per heavy atom. The molecule has 2 heterocycles. The number of nitrogens with zero attached hydrogens (tertiary/aromatic N) is 2. The van der Waals surface area contributed by atoms with Crippen LogP contribution >= 0.6 is 0 Å². The Balaban J connectivity index is 1.27. The largest absolute Gasteiger partial charge is 0.338 e. The molecule has 0 saturated heterocycles. The van der Waals surface area contributed by atoms with E-state index in [2.05, 4.69) is 95.2 Å². The Morgan fingerprint density at radius 3 is 2.50 bits per heavy atom. The van der Waals surface area contributed by atoms with Crippen molar-refractivity contribution in [1.29, 1.82) is 5.26 Å². The van der Waals surface area contributed by atoms with E-state index < -0.39 is 9.52 Å². The van der Waals surface area contributed by atoms with Gasteiger partial charge in [0.05, 0.1) is 15.6 Å². The summed E-state index contributed by atoms with van der Waals surface area (Å²) < 4.78 is 0. The van der Waals surface area contributed by atoms with Crippen LogP contribution in [0.25, 0.3) is 0 Å². The first-order valence-corrected chi connectivity index (χ1v) is 14.1. The van der Waals surface area contributed by atoms with Crippen molar-refractivity contribution in [1.82, 2.24) is 5.32 Å². The van der Waals surface area contributed by atoms with Crippen LogP contribution in [0.2, 0.25) is 0 Å². The minimum Gasteiger partial charge on any atom is -0.338 e. The van der Waals surface area contributed by atoms with E-state index in [1.54, 1.807) is 10.4 Å². The Kier molecular flexibility index (Phi) is 5.82. The van der Waals surface area contributed by atoms with Crippen LogP contribution in [0.5, 0.6) is 0 Å². The normalized spacial score (nSPS) is 27.8. The van der Waals surface area contributed by atoms with Crippen LogP contribution in [-0.2, 0) is 0 Å². The quantitative estimate of drug-likeness (QED) is 0.554. The highest BCUT2D eigenvalue weighted by atomic mass is 28.2. The predicted octanol–water partition coefficient (Wildman–Crippen LogP) is 4.05. The zero-order valence-corrected chi connectivity index (χ0v) is 20.9. The number of para-hydroxylation sites is 2. The fourth-order valence-electron chi connectivity index (χ4n) is 6.16. The van der Waals surface area contributed by atoms with Gasteiger partial charge in [-0.2, -0.15) is 5.26 Å². The standard InChI is InChI=1S/C30H31N3Si/c31-20-24-11-7-13-26(32-24)23-10-5-8-21(18-23)22-9-6-12-25(19-22)33-27-14-1-3-16-29(27)34-30-17-4-2-15-28(30)33/h1-5,7-9,11,14-18,23-26,32H,6,10,12-13,19,34H2. The molecule has 0 radical (unpaired) electrons. The smallest absolute Gasteiger partial charge is 0.114 e. The first-order valence-electron chi connectivity index (χ1n) is 12.7. The molecule has 4 heteroatoms. The van der Waals surface area contributed by atoms with Gasteiger partial charge in [0.15, 0.2) is 0 Å². The molecule has 0 spiro atoms. The Bertz CT molecular complexity index is 1200. The molecule has 2 aromatic rings. The lowest BCUT2D eigenvalue weighted by molar-refractivity contribution is 0.393. The van der Waals surface area contributed by atoms with E-state index in [0.29, 0.717) is 18.0 Å². The molecule has 34 heavy (non-hydrogen) atoms. The van der Waals surface area contributed by atoms with Gasteiger partial charge < -0.3 is 4.90 Å². The van der Waals surface area contributed by atoms with Crippen molar-refractivity contribution < 1.29 is 0 Å². The molecule has 2 aliphatic heterocycles. The summed E-state index contributed by atoms with van der Waals surface area (Å²) in [4.78, 5) is 2.66. The minimum atomic E-state index is -0.434. The third-order valence-electron chi connectivity index (χ3n) is 7.83. The summed E-state index contributed by atoms with van der Waals surface area (Å²) in [7, 11) is -0.434. The number of nitrogens with one attached hydrogen (secondary N) is 1. The lowest BCUT2D eigenvalue weighted by Gasteiger charge is -2.41. The Hall–Kier alpha value is -3.13. The minimum absolute atomic E-state index is 0.164. The highest BCUT2D eigenvalue weighted by Gasteiger charge is 2.31. The summed E-state index contributed by atoms with van der Waals surface area (Å²) in [5, 5.41) is 16.0. The van der Waals surface area contributed by atoms with Gasteiger partial charge in [-0.3, -0.25) is 5.32 Å². The molecular weight excluding hydrogens is 430 g/mol. The molecular formula is C30H31N3Si. The molecule has 4 atom stereocenters. The molecule has 170 valence electrons.